The second kappa shape index (κ2) is 15.9. The van der Waals surface area contributed by atoms with Crippen LogP contribution in [0.1, 0.15) is 55.6 Å². The van der Waals surface area contributed by atoms with E-state index in [0.717, 1.165) is 17.1 Å². The van der Waals surface area contributed by atoms with Gasteiger partial charge in [0, 0.05) is 27.8 Å². The van der Waals surface area contributed by atoms with Gasteiger partial charge >= 0.3 is 0 Å². The lowest BCUT2D eigenvalue weighted by atomic mass is 9.65. The lowest BCUT2D eigenvalue weighted by Gasteiger charge is -2.40. The van der Waals surface area contributed by atoms with E-state index in [-0.39, 0.29) is 0 Å². The van der Waals surface area contributed by atoms with Gasteiger partial charge in [-0.25, -0.2) is 0 Å². The molecule has 17 rings (SSSR count). The SMILES string of the molecule is Cc1ccc2c(c1)c1cc(C)cc3c1n2-c1ccc(-c2ccc(N(c4cccc(-c5ccccc5)c4)c4ccc5c(c4)-c4ccccc4C54c5ccccc5-c5ccccc54)cc2)cc1C31c2ccccc2-c2ccccc21. The first-order chi connectivity index (χ1) is 38.5. The molecule has 2 heteroatoms. The molecular formula is C76H50N2. The smallest absolute Gasteiger partial charge is 0.0754 e. The first-order valence-corrected chi connectivity index (χ1v) is 27.4. The van der Waals surface area contributed by atoms with Gasteiger partial charge in [0.05, 0.1) is 27.6 Å². The first-order valence-electron chi connectivity index (χ1n) is 27.4. The van der Waals surface area contributed by atoms with Crippen molar-refractivity contribution in [2.24, 2.45) is 0 Å². The van der Waals surface area contributed by atoms with Crippen molar-refractivity contribution in [3.8, 4) is 61.3 Å². The molecule has 3 aliphatic carbocycles. The van der Waals surface area contributed by atoms with Gasteiger partial charge in [-0.2, -0.15) is 0 Å². The molecule has 1 aliphatic heterocycles. The summed E-state index contributed by atoms with van der Waals surface area (Å²) in [7, 11) is 0. The summed E-state index contributed by atoms with van der Waals surface area (Å²) in [4.78, 5) is 2.46. The van der Waals surface area contributed by atoms with Crippen LogP contribution < -0.4 is 4.90 Å². The average Bonchev–Trinajstić information content (AvgIpc) is 4.33. The molecule has 2 nitrogen and oxygen atoms in total. The minimum atomic E-state index is -0.532. The zero-order valence-corrected chi connectivity index (χ0v) is 43.3. The zero-order chi connectivity index (χ0) is 51.4. The molecule has 0 radical (unpaired) electrons. The third-order valence-electron chi connectivity index (χ3n) is 18.1. The molecule has 2 heterocycles. The third-order valence-corrected chi connectivity index (χ3v) is 18.1. The minimum Gasteiger partial charge on any atom is -0.310 e. The van der Waals surface area contributed by atoms with Crippen molar-refractivity contribution in [1.82, 2.24) is 4.57 Å². The predicted molar refractivity (Wildman–Crippen MR) is 323 cm³/mol. The first kappa shape index (κ1) is 43.5. The summed E-state index contributed by atoms with van der Waals surface area (Å²) in [5.41, 5.74) is 32.0. The standard InChI is InChI=1S/C76H50N2/c1-47-31-39-72-62(41-47)63-42-48(2)43-71-74(63)78(72)73-40-34-52(45-70(73)76(71)66-28-13-8-23-58(66)59-24-9-14-29-67(59)76)50-32-35-53(36-33-50)77(54-20-16-19-51(44-54)49-17-4-3-5-18-49)55-37-38-69-61(46-55)60-25-10-15-30-68(60)75(69)64-26-11-6-21-56(64)57-22-7-12-27-65(57)75/h3-46H,1-2H3. The lowest BCUT2D eigenvalue weighted by molar-refractivity contribution is 0.748. The predicted octanol–water partition coefficient (Wildman–Crippen LogP) is 19.2. The summed E-state index contributed by atoms with van der Waals surface area (Å²) in [6.07, 6.45) is 0. The lowest BCUT2D eigenvalue weighted by Crippen LogP contribution is -2.33. The van der Waals surface area contributed by atoms with E-state index >= 15 is 0 Å². The fourth-order valence-electron chi connectivity index (χ4n) is 15.0. The normalized spacial score (nSPS) is 14.0. The van der Waals surface area contributed by atoms with Gasteiger partial charge in [-0.05, 0) is 181 Å². The molecule has 0 saturated carbocycles. The van der Waals surface area contributed by atoms with Gasteiger partial charge < -0.3 is 9.47 Å². The van der Waals surface area contributed by atoms with Crippen LogP contribution in [0.3, 0.4) is 0 Å². The molecule has 13 aromatic rings. The number of anilines is 3. The van der Waals surface area contributed by atoms with Crippen molar-refractivity contribution >= 4 is 38.9 Å². The van der Waals surface area contributed by atoms with Crippen molar-refractivity contribution in [3.63, 3.8) is 0 Å². The quantitative estimate of drug-likeness (QED) is 0.167. The largest absolute Gasteiger partial charge is 0.310 e. The maximum atomic E-state index is 2.57. The van der Waals surface area contributed by atoms with E-state index < -0.39 is 10.8 Å². The van der Waals surface area contributed by atoms with Gasteiger partial charge in [0.15, 0.2) is 0 Å². The zero-order valence-electron chi connectivity index (χ0n) is 43.3. The van der Waals surface area contributed by atoms with E-state index in [1.807, 2.05) is 0 Å². The molecule has 12 aromatic carbocycles. The fourth-order valence-corrected chi connectivity index (χ4v) is 15.0. The summed E-state index contributed by atoms with van der Waals surface area (Å²) in [5, 5.41) is 2.62. The van der Waals surface area contributed by atoms with E-state index in [1.165, 1.54) is 139 Å². The summed E-state index contributed by atoms with van der Waals surface area (Å²) < 4.78 is 2.57. The third kappa shape index (κ3) is 5.61. The van der Waals surface area contributed by atoms with E-state index in [9.17, 15) is 0 Å². The molecule has 0 amide bonds. The molecular weight excluding hydrogens is 941 g/mol. The van der Waals surface area contributed by atoms with Gasteiger partial charge in [-0.3, -0.25) is 0 Å². The number of aromatic nitrogens is 1. The van der Waals surface area contributed by atoms with Crippen LogP contribution in [0.5, 0.6) is 0 Å². The van der Waals surface area contributed by atoms with Gasteiger partial charge in [0.2, 0.25) is 0 Å². The summed E-state index contributed by atoms with van der Waals surface area (Å²) in [6, 6.07) is 101. The molecule has 0 unspecified atom stereocenters. The van der Waals surface area contributed by atoms with Crippen LogP contribution in [0, 0.1) is 13.8 Å². The maximum absolute atomic E-state index is 2.57. The van der Waals surface area contributed by atoms with Crippen molar-refractivity contribution < 1.29 is 0 Å². The highest BCUT2D eigenvalue weighted by molar-refractivity contribution is 6.13. The Balaban J connectivity index is 0.857. The summed E-state index contributed by atoms with van der Waals surface area (Å²) >= 11 is 0. The van der Waals surface area contributed by atoms with Crippen LogP contribution in [0.15, 0.2) is 267 Å². The van der Waals surface area contributed by atoms with Crippen molar-refractivity contribution in [1.29, 1.82) is 0 Å². The molecule has 0 saturated heterocycles. The number of fused-ring (bicyclic) bond motifs is 22. The Bertz CT molecular complexity index is 4610. The molecule has 0 fully saturated rings. The van der Waals surface area contributed by atoms with E-state index in [2.05, 4.69) is 290 Å². The van der Waals surface area contributed by atoms with Crippen LogP contribution in [0.2, 0.25) is 0 Å². The van der Waals surface area contributed by atoms with Gasteiger partial charge in [0.1, 0.15) is 0 Å². The van der Waals surface area contributed by atoms with Gasteiger partial charge in [-0.1, -0.05) is 211 Å². The van der Waals surface area contributed by atoms with E-state index in [1.54, 1.807) is 0 Å². The van der Waals surface area contributed by atoms with Crippen LogP contribution in [-0.4, -0.2) is 4.57 Å². The monoisotopic (exact) mass is 990 g/mol. The molecule has 78 heavy (non-hydrogen) atoms. The highest BCUT2D eigenvalue weighted by Gasteiger charge is 2.53. The maximum Gasteiger partial charge on any atom is 0.0754 e. The van der Waals surface area contributed by atoms with Crippen LogP contribution >= 0.6 is 0 Å². The van der Waals surface area contributed by atoms with Crippen molar-refractivity contribution in [3.05, 3.63) is 323 Å². The Morgan fingerprint density at radius 1 is 0.282 bits per heavy atom. The number of hydrogen-bond acceptors (Lipinski definition) is 1. The number of aryl methyl sites for hydroxylation is 2. The minimum absolute atomic E-state index is 0.409. The van der Waals surface area contributed by atoms with Gasteiger partial charge in [0.25, 0.3) is 0 Å². The van der Waals surface area contributed by atoms with Crippen LogP contribution in [0.4, 0.5) is 17.1 Å². The second-order valence-corrected chi connectivity index (χ2v) is 22.1. The number of rotatable bonds is 5. The number of nitrogens with zero attached hydrogens (tertiary/aromatic N) is 2. The molecule has 364 valence electrons. The van der Waals surface area contributed by atoms with Crippen LogP contribution in [0.25, 0.3) is 83.1 Å². The van der Waals surface area contributed by atoms with Crippen molar-refractivity contribution in [2.45, 2.75) is 24.7 Å². The molecule has 0 N–H and O–H groups in total. The molecule has 0 bridgehead atoms. The summed E-state index contributed by atoms with van der Waals surface area (Å²) in [5.74, 6) is 0. The Labute approximate surface area is 454 Å². The number of benzene rings is 12. The topological polar surface area (TPSA) is 8.17 Å². The van der Waals surface area contributed by atoms with Crippen LogP contribution in [-0.2, 0) is 10.8 Å². The van der Waals surface area contributed by atoms with E-state index in [4.69, 9.17) is 0 Å². The van der Waals surface area contributed by atoms with Crippen molar-refractivity contribution in [2.75, 3.05) is 4.90 Å². The Morgan fingerprint density at radius 3 is 1.38 bits per heavy atom. The molecule has 4 aliphatic rings. The molecule has 2 spiro atoms. The average molecular weight is 991 g/mol. The highest BCUT2D eigenvalue weighted by Crippen LogP contribution is 2.64. The highest BCUT2D eigenvalue weighted by atomic mass is 15.1. The Hall–Kier alpha value is -9.76. The fraction of sp³-hybridized carbons (Fsp3) is 0.0526. The van der Waals surface area contributed by atoms with Gasteiger partial charge in [-0.15, -0.1) is 0 Å². The Kier molecular flexibility index (Phi) is 8.86. The second-order valence-electron chi connectivity index (χ2n) is 22.1. The Morgan fingerprint density at radius 2 is 0.756 bits per heavy atom. The molecule has 0 atom stereocenters. The number of hydrogen-bond donors (Lipinski definition) is 0. The summed E-state index contributed by atoms with van der Waals surface area (Å²) in [6.45, 7) is 4.49. The van der Waals surface area contributed by atoms with E-state index in [0.29, 0.717) is 0 Å². The molecule has 1 aromatic heterocycles.